The summed E-state index contributed by atoms with van der Waals surface area (Å²) in [4.78, 5) is 29.0. The SMILES string of the molecule is CCn1c(CC[C@@H]2CCCN2C(=O)[C@H]2CCCN2C(C)=O)cc2ccc(C(=N)N)cc21. The van der Waals surface area contributed by atoms with Gasteiger partial charge in [0.1, 0.15) is 11.9 Å². The van der Waals surface area contributed by atoms with Gasteiger partial charge in [-0.2, -0.15) is 0 Å². The van der Waals surface area contributed by atoms with E-state index in [1.165, 1.54) is 5.69 Å². The molecule has 7 nitrogen and oxygen atoms in total. The summed E-state index contributed by atoms with van der Waals surface area (Å²) in [5, 5.41) is 8.88. The Bertz CT molecular complexity index is 1010. The summed E-state index contributed by atoms with van der Waals surface area (Å²) in [5.41, 5.74) is 8.78. The quantitative estimate of drug-likeness (QED) is 0.552. The van der Waals surface area contributed by atoms with E-state index >= 15 is 0 Å². The van der Waals surface area contributed by atoms with E-state index in [1.807, 2.05) is 23.1 Å². The van der Waals surface area contributed by atoms with Crippen molar-refractivity contribution in [3.05, 3.63) is 35.5 Å². The normalized spacial score (nSPS) is 21.2. The summed E-state index contributed by atoms with van der Waals surface area (Å²) in [6.45, 7) is 6.04. The minimum atomic E-state index is -0.273. The summed E-state index contributed by atoms with van der Waals surface area (Å²) < 4.78 is 2.29. The molecule has 2 aliphatic rings. The third-order valence-electron chi connectivity index (χ3n) is 6.95. The number of fused-ring (bicyclic) bond motifs is 1. The van der Waals surface area contributed by atoms with Gasteiger partial charge in [0.2, 0.25) is 11.8 Å². The number of nitrogen functional groups attached to an aromatic ring is 1. The Kier molecular flexibility index (Phi) is 6.03. The van der Waals surface area contributed by atoms with Crippen molar-refractivity contribution in [1.82, 2.24) is 14.4 Å². The van der Waals surface area contributed by atoms with Crippen LogP contribution >= 0.6 is 0 Å². The van der Waals surface area contributed by atoms with Crippen LogP contribution in [0.2, 0.25) is 0 Å². The Morgan fingerprint density at radius 2 is 1.87 bits per heavy atom. The number of likely N-dealkylation sites (tertiary alicyclic amines) is 2. The van der Waals surface area contributed by atoms with Crippen LogP contribution in [-0.2, 0) is 22.6 Å². The number of benzene rings is 1. The van der Waals surface area contributed by atoms with E-state index in [-0.39, 0.29) is 29.7 Å². The van der Waals surface area contributed by atoms with Crippen LogP contribution in [-0.4, -0.2) is 57.2 Å². The largest absolute Gasteiger partial charge is 0.384 e. The second kappa shape index (κ2) is 8.73. The molecule has 0 aliphatic carbocycles. The van der Waals surface area contributed by atoms with E-state index in [0.717, 1.165) is 68.1 Å². The van der Waals surface area contributed by atoms with Gasteiger partial charge >= 0.3 is 0 Å². The molecule has 3 N–H and O–H groups in total. The summed E-state index contributed by atoms with van der Waals surface area (Å²) in [6.07, 6.45) is 5.57. The summed E-state index contributed by atoms with van der Waals surface area (Å²) in [6, 6.07) is 8.10. The number of amides is 2. The first-order chi connectivity index (χ1) is 14.9. The molecular formula is C24H33N5O2. The second-order valence-corrected chi connectivity index (χ2v) is 8.80. The fourth-order valence-corrected chi connectivity index (χ4v) is 5.39. The van der Waals surface area contributed by atoms with Crippen molar-refractivity contribution >= 4 is 28.6 Å². The van der Waals surface area contributed by atoms with Crippen LogP contribution in [0.3, 0.4) is 0 Å². The van der Waals surface area contributed by atoms with E-state index in [9.17, 15) is 9.59 Å². The van der Waals surface area contributed by atoms with Gasteiger partial charge in [-0.25, -0.2) is 0 Å². The molecular weight excluding hydrogens is 390 g/mol. The maximum atomic E-state index is 13.2. The number of nitrogens with one attached hydrogen (secondary N) is 1. The monoisotopic (exact) mass is 423 g/mol. The molecule has 31 heavy (non-hydrogen) atoms. The molecule has 1 aromatic carbocycles. The molecule has 2 fully saturated rings. The Balaban J connectivity index is 1.49. The highest BCUT2D eigenvalue weighted by Crippen LogP contribution is 2.28. The summed E-state index contributed by atoms with van der Waals surface area (Å²) >= 11 is 0. The van der Waals surface area contributed by atoms with Crippen LogP contribution in [0.25, 0.3) is 10.9 Å². The Morgan fingerprint density at radius 3 is 2.58 bits per heavy atom. The third kappa shape index (κ3) is 4.05. The predicted molar refractivity (Wildman–Crippen MR) is 122 cm³/mol. The highest BCUT2D eigenvalue weighted by Gasteiger charge is 2.38. The molecule has 0 bridgehead atoms. The zero-order valence-electron chi connectivity index (χ0n) is 18.6. The number of aryl methyl sites for hydroxylation is 2. The lowest BCUT2D eigenvalue weighted by Gasteiger charge is -2.31. The average molecular weight is 424 g/mol. The fraction of sp³-hybridized carbons (Fsp3) is 0.542. The fourth-order valence-electron chi connectivity index (χ4n) is 5.39. The highest BCUT2D eigenvalue weighted by molar-refractivity contribution is 5.98. The predicted octanol–water partition coefficient (Wildman–Crippen LogP) is 2.88. The van der Waals surface area contributed by atoms with Crippen LogP contribution in [0.1, 0.15) is 57.2 Å². The average Bonchev–Trinajstić information content (AvgIpc) is 3.48. The number of amidine groups is 1. The molecule has 2 saturated heterocycles. The molecule has 2 aromatic rings. The van der Waals surface area contributed by atoms with Gasteiger partial charge in [-0.15, -0.1) is 0 Å². The number of nitrogens with zero attached hydrogens (tertiary/aromatic N) is 3. The molecule has 2 atom stereocenters. The molecule has 166 valence electrons. The van der Waals surface area contributed by atoms with E-state index in [4.69, 9.17) is 11.1 Å². The first-order valence-electron chi connectivity index (χ1n) is 11.4. The van der Waals surface area contributed by atoms with E-state index in [0.29, 0.717) is 6.54 Å². The summed E-state index contributed by atoms with van der Waals surface area (Å²) in [7, 11) is 0. The summed E-state index contributed by atoms with van der Waals surface area (Å²) in [5.74, 6) is 0.222. The lowest BCUT2D eigenvalue weighted by atomic mass is 10.1. The lowest BCUT2D eigenvalue weighted by Crippen LogP contribution is -2.48. The zero-order valence-corrected chi connectivity index (χ0v) is 18.6. The Morgan fingerprint density at radius 1 is 1.13 bits per heavy atom. The molecule has 0 unspecified atom stereocenters. The third-order valence-corrected chi connectivity index (χ3v) is 6.95. The molecule has 3 heterocycles. The minimum absolute atomic E-state index is 0.00369. The van der Waals surface area contributed by atoms with Gasteiger partial charge in [-0.3, -0.25) is 15.0 Å². The number of hydrogen-bond donors (Lipinski definition) is 2. The van der Waals surface area contributed by atoms with E-state index in [1.54, 1.807) is 11.8 Å². The van der Waals surface area contributed by atoms with Gasteiger partial charge in [-0.1, -0.05) is 12.1 Å². The van der Waals surface area contributed by atoms with Gasteiger partial charge in [-0.05, 0) is 63.0 Å². The van der Waals surface area contributed by atoms with Crippen LogP contribution in [0.15, 0.2) is 24.3 Å². The van der Waals surface area contributed by atoms with Gasteiger partial charge < -0.3 is 20.1 Å². The number of carbonyl (C=O) groups excluding carboxylic acids is 2. The minimum Gasteiger partial charge on any atom is -0.384 e. The van der Waals surface area contributed by atoms with Crippen LogP contribution < -0.4 is 5.73 Å². The molecule has 7 heteroatoms. The van der Waals surface area contributed by atoms with Gasteiger partial charge in [0.05, 0.1) is 0 Å². The van der Waals surface area contributed by atoms with Gasteiger partial charge in [0.25, 0.3) is 0 Å². The van der Waals surface area contributed by atoms with E-state index < -0.39 is 0 Å². The topological polar surface area (TPSA) is 95.4 Å². The zero-order chi connectivity index (χ0) is 22.1. The first-order valence-corrected chi connectivity index (χ1v) is 11.4. The first kappa shape index (κ1) is 21.4. The smallest absolute Gasteiger partial charge is 0.245 e. The van der Waals surface area contributed by atoms with E-state index in [2.05, 4.69) is 17.6 Å². The number of hydrogen-bond acceptors (Lipinski definition) is 3. The molecule has 2 amide bonds. The maximum absolute atomic E-state index is 13.2. The Hall–Kier alpha value is -2.83. The van der Waals surface area contributed by atoms with Gasteiger partial charge in [0, 0.05) is 49.4 Å². The van der Waals surface area contributed by atoms with Crippen molar-refractivity contribution in [1.29, 1.82) is 5.41 Å². The molecule has 1 aromatic heterocycles. The van der Waals surface area contributed by atoms with Crippen molar-refractivity contribution < 1.29 is 9.59 Å². The molecule has 0 saturated carbocycles. The highest BCUT2D eigenvalue weighted by atomic mass is 16.2. The van der Waals surface area contributed by atoms with Crippen molar-refractivity contribution in [3.63, 3.8) is 0 Å². The second-order valence-electron chi connectivity index (χ2n) is 8.80. The van der Waals surface area contributed by atoms with Crippen molar-refractivity contribution in [2.24, 2.45) is 5.73 Å². The number of carbonyl (C=O) groups is 2. The van der Waals surface area contributed by atoms with Crippen LogP contribution in [0.5, 0.6) is 0 Å². The molecule has 0 spiro atoms. The van der Waals surface area contributed by atoms with Crippen LogP contribution in [0, 0.1) is 5.41 Å². The molecule has 4 rings (SSSR count). The molecule has 0 radical (unpaired) electrons. The van der Waals surface area contributed by atoms with Crippen molar-refractivity contribution in [3.8, 4) is 0 Å². The van der Waals surface area contributed by atoms with Crippen molar-refractivity contribution in [2.45, 2.75) is 71.0 Å². The number of rotatable bonds is 6. The lowest BCUT2D eigenvalue weighted by molar-refractivity contribution is -0.143. The Labute approximate surface area is 183 Å². The number of nitrogens with two attached hydrogens (primary N) is 1. The standard InChI is InChI=1S/C24H33N5O2/c1-3-27-20(14-17-8-9-18(23(25)26)15-22(17)27)11-10-19-6-4-13-29(19)24(31)21-7-5-12-28(21)16(2)30/h8-9,14-15,19,21H,3-7,10-13H2,1-2H3,(H3,25,26)/t19-,21+/m0/s1. The van der Waals surface area contributed by atoms with Gasteiger partial charge in [0.15, 0.2) is 0 Å². The number of aromatic nitrogens is 1. The van der Waals surface area contributed by atoms with Crippen molar-refractivity contribution in [2.75, 3.05) is 13.1 Å². The maximum Gasteiger partial charge on any atom is 0.245 e. The molecule has 2 aliphatic heterocycles. The van der Waals surface area contributed by atoms with Crippen LogP contribution in [0.4, 0.5) is 0 Å².